The molecule has 1 N–H and O–H groups in total. The first-order chi connectivity index (χ1) is 9.01. The zero-order chi connectivity index (χ0) is 14.4. The summed E-state index contributed by atoms with van der Waals surface area (Å²) in [6.07, 6.45) is 1.99. The van der Waals surface area contributed by atoms with Gasteiger partial charge in [0.05, 0.1) is 5.92 Å². The molecule has 3 heteroatoms. The van der Waals surface area contributed by atoms with Crippen LogP contribution in [0.2, 0.25) is 0 Å². The van der Waals surface area contributed by atoms with E-state index in [0.29, 0.717) is 6.54 Å². The molecule has 0 bridgehead atoms. The van der Waals surface area contributed by atoms with E-state index in [1.165, 1.54) is 16.8 Å². The van der Waals surface area contributed by atoms with Gasteiger partial charge in [-0.05, 0) is 30.9 Å². The monoisotopic (exact) mass is 263 g/mol. The summed E-state index contributed by atoms with van der Waals surface area (Å²) in [5.41, 5.74) is 3.75. The highest BCUT2D eigenvalue weighted by atomic mass is 16.4. The zero-order valence-electron chi connectivity index (χ0n) is 12.4. The molecule has 0 amide bonds. The number of benzene rings is 1. The predicted octanol–water partition coefficient (Wildman–Crippen LogP) is 3.49. The maximum atomic E-state index is 11.1. The molecule has 0 aliphatic rings. The Hall–Kier alpha value is -1.51. The number of carbonyl (C=O) groups is 1. The molecule has 0 aliphatic carbocycles. The standard InChI is InChI=1S/C16H25NO2/c1-5-10-17(11-13(4)16(18)19)15-12(3)8-7-9-14(15)6-2/h7-9,13H,5-6,10-11H2,1-4H3,(H,18,19). The third-order valence-electron chi connectivity index (χ3n) is 3.43. The number of carboxylic acids is 1. The number of anilines is 1. The van der Waals surface area contributed by atoms with Crippen molar-refractivity contribution < 1.29 is 9.90 Å². The summed E-state index contributed by atoms with van der Waals surface area (Å²) in [5, 5.41) is 9.12. The van der Waals surface area contributed by atoms with Crippen LogP contribution in [0.1, 0.15) is 38.3 Å². The summed E-state index contributed by atoms with van der Waals surface area (Å²) >= 11 is 0. The SMILES string of the molecule is CCCN(CC(C)C(=O)O)c1c(C)cccc1CC. The Morgan fingerprint density at radius 2 is 2.05 bits per heavy atom. The average molecular weight is 263 g/mol. The van der Waals surface area contributed by atoms with Crippen LogP contribution in [0, 0.1) is 12.8 Å². The Morgan fingerprint density at radius 3 is 2.58 bits per heavy atom. The lowest BCUT2D eigenvalue weighted by atomic mass is 10.0. The highest BCUT2D eigenvalue weighted by molar-refractivity contribution is 5.71. The third-order valence-corrected chi connectivity index (χ3v) is 3.43. The van der Waals surface area contributed by atoms with Gasteiger partial charge in [0.25, 0.3) is 0 Å². The highest BCUT2D eigenvalue weighted by Crippen LogP contribution is 2.26. The zero-order valence-corrected chi connectivity index (χ0v) is 12.4. The minimum absolute atomic E-state index is 0.351. The van der Waals surface area contributed by atoms with E-state index in [0.717, 1.165) is 19.4 Å². The normalized spacial score (nSPS) is 12.2. The summed E-state index contributed by atoms with van der Waals surface area (Å²) in [6.45, 7) is 9.61. The Bertz CT molecular complexity index is 429. The second kappa shape index (κ2) is 7.17. The van der Waals surface area contributed by atoms with Crippen LogP contribution in [-0.4, -0.2) is 24.2 Å². The third kappa shape index (κ3) is 3.98. The number of nitrogens with zero attached hydrogens (tertiary/aromatic N) is 1. The minimum Gasteiger partial charge on any atom is -0.481 e. The van der Waals surface area contributed by atoms with Crippen LogP contribution in [0.5, 0.6) is 0 Å². The molecule has 1 aromatic rings. The predicted molar refractivity (Wildman–Crippen MR) is 79.9 cm³/mol. The number of hydrogen-bond donors (Lipinski definition) is 1. The van der Waals surface area contributed by atoms with E-state index in [1.807, 2.05) is 0 Å². The van der Waals surface area contributed by atoms with Crippen molar-refractivity contribution in [2.45, 2.75) is 40.5 Å². The number of carboxylic acid groups (broad SMARTS) is 1. The van der Waals surface area contributed by atoms with Crippen LogP contribution in [0.15, 0.2) is 18.2 Å². The van der Waals surface area contributed by atoms with Crippen molar-refractivity contribution in [1.29, 1.82) is 0 Å². The maximum absolute atomic E-state index is 11.1. The first-order valence-electron chi connectivity index (χ1n) is 7.07. The van der Waals surface area contributed by atoms with E-state index in [-0.39, 0.29) is 5.92 Å². The highest BCUT2D eigenvalue weighted by Gasteiger charge is 2.19. The fraction of sp³-hybridized carbons (Fsp3) is 0.562. The lowest BCUT2D eigenvalue weighted by Crippen LogP contribution is -2.33. The van der Waals surface area contributed by atoms with Crippen LogP contribution in [0.25, 0.3) is 0 Å². The molecular weight excluding hydrogens is 238 g/mol. The van der Waals surface area contributed by atoms with Gasteiger partial charge in [0.2, 0.25) is 0 Å². The fourth-order valence-corrected chi connectivity index (χ4v) is 2.43. The van der Waals surface area contributed by atoms with Gasteiger partial charge in [0, 0.05) is 18.8 Å². The molecule has 1 rings (SSSR count). The molecule has 1 aromatic carbocycles. The Morgan fingerprint density at radius 1 is 1.37 bits per heavy atom. The quantitative estimate of drug-likeness (QED) is 0.818. The largest absolute Gasteiger partial charge is 0.481 e. The number of para-hydroxylation sites is 1. The molecule has 0 aromatic heterocycles. The molecule has 1 atom stereocenters. The van der Waals surface area contributed by atoms with E-state index < -0.39 is 5.97 Å². The number of rotatable bonds is 7. The first kappa shape index (κ1) is 15.5. The summed E-state index contributed by atoms with van der Waals surface area (Å²) < 4.78 is 0. The number of aryl methyl sites for hydroxylation is 2. The maximum Gasteiger partial charge on any atom is 0.308 e. The summed E-state index contributed by atoms with van der Waals surface area (Å²) in [4.78, 5) is 13.3. The minimum atomic E-state index is -0.729. The Balaban J connectivity index is 3.08. The Kier molecular flexibility index (Phi) is 5.87. The molecule has 0 spiro atoms. The van der Waals surface area contributed by atoms with Gasteiger partial charge in [-0.25, -0.2) is 0 Å². The molecule has 0 saturated carbocycles. The van der Waals surface area contributed by atoms with Crippen LogP contribution >= 0.6 is 0 Å². The van der Waals surface area contributed by atoms with Crippen LogP contribution in [0.4, 0.5) is 5.69 Å². The molecule has 0 saturated heterocycles. The molecular formula is C16H25NO2. The summed E-state index contributed by atoms with van der Waals surface area (Å²) in [5.74, 6) is -1.08. The van der Waals surface area contributed by atoms with Crippen molar-refractivity contribution in [3.05, 3.63) is 29.3 Å². The van der Waals surface area contributed by atoms with Crippen LogP contribution in [0.3, 0.4) is 0 Å². The molecule has 106 valence electrons. The van der Waals surface area contributed by atoms with Crippen molar-refractivity contribution in [3.63, 3.8) is 0 Å². The summed E-state index contributed by atoms with van der Waals surface area (Å²) in [7, 11) is 0. The average Bonchev–Trinajstić information content (AvgIpc) is 2.37. The molecule has 0 heterocycles. The lowest BCUT2D eigenvalue weighted by Gasteiger charge is -2.30. The van der Waals surface area contributed by atoms with E-state index in [1.54, 1.807) is 6.92 Å². The van der Waals surface area contributed by atoms with Crippen molar-refractivity contribution in [1.82, 2.24) is 0 Å². The molecule has 0 fully saturated rings. The van der Waals surface area contributed by atoms with Gasteiger partial charge in [-0.1, -0.05) is 39.0 Å². The van der Waals surface area contributed by atoms with Gasteiger partial charge in [0.15, 0.2) is 0 Å². The molecule has 0 radical (unpaired) electrons. The van der Waals surface area contributed by atoms with E-state index >= 15 is 0 Å². The second-order valence-electron chi connectivity index (χ2n) is 5.12. The van der Waals surface area contributed by atoms with Gasteiger partial charge < -0.3 is 10.0 Å². The number of aliphatic carboxylic acids is 1. The fourth-order valence-electron chi connectivity index (χ4n) is 2.43. The van der Waals surface area contributed by atoms with E-state index in [4.69, 9.17) is 5.11 Å². The van der Waals surface area contributed by atoms with Crippen molar-refractivity contribution in [2.75, 3.05) is 18.0 Å². The van der Waals surface area contributed by atoms with Gasteiger partial charge in [0.1, 0.15) is 0 Å². The van der Waals surface area contributed by atoms with Crippen LogP contribution in [-0.2, 0) is 11.2 Å². The molecule has 19 heavy (non-hydrogen) atoms. The molecule has 3 nitrogen and oxygen atoms in total. The van der Waals surface area contributed by atoms with Gasteiger partial charge in [-0.2, -0.15) is 0 Å². The Labute approximate surface area is 116 Å². The van der Waals surface area contributed by atoms with Crippen molar-refractivity contribution in [2.24, 2.45) is 5.92 Å². The first-order valence-corrected chi connectivity index (χ1v) is 7.07. The van der Waals surface area contributed by atoms with Gasteiger partial charge in [-0.3, -0.25) is 4.79 Å². The topological polar surface area (TPSA) is 40.5 Å². The molecule has 0 aliphatic heterocycles. The van der Waals surface area contributed by atoms with Crippen LogP contribution < -0.4 is 4.90 Å². The van der Waals surface area contributed by atoms with E-state index in [2.05, 4.69) is 43.9 Å². The molecule has 1 unspecified atom stereocenters. The van der Waals surface area contributed by atoms with E-state index in [9.17, 15) is 4.79 Å². The second-order valence-corrected chi connectivity index (χ2v) is 5.12. The summed E-state index contributed by atoms with van der Waals surface area (Å²) in [6, 6.07) is 6.31. The van der Waals surface area contributed by atoms with Crippen molar-refractivity contribution >= 4 is 11.7 Å². The number of hydrogen-bond acceptors (Lipinski definition) is 2. The lowest BCUT2D eigenvalue weighted by molar-refractivity contribution is -0.140. The van der Waals surface area contributed by atoms with Crippen molar-refractivity contribution in [3.8, 4) is 0 Å². The van der Waals surface area contributed by atoms with Gasteiger partial charge in [-0.15, -0.1) is 0 Å². The van der Waals surface area contributed by atoms with Gasteiger partial charge >= 0.3 is 5.97 Å². The smallest absolute Gasteiger partial charge is 0.308 e.